The summed E-state index contributed by atoms with van der Waals surface area (Å²) < 4.78 is 5.21. The van der Waals surface area contributed by atoms with Crippen molar-refractivity contribution in [1.29, 1.82) is 0 Å². The molecule has 0 bridgehead atoms. The lowest BCUT2D eigenvalue weighted by molar-refractivity contribution is 0.415. The third kappa shape index (κ3) is 4.48. The summed E-state index contributed by atoms with van der Waals surface area (Å²) in [5.41, 5.74) is 1.22. The van der Waals surface area contributed by atoms with Crippen LogP contribution in [0.2, 0.25) is 0 Å². The first-order valence-corrected chi connectivity index (χ1v) is 8.88. The molecule has 1 fully saturated rings. The maximum absolute atomic E-state index is 5.21. The van der Waals surface area contributed by atoms with E-state index in [4.69, 9.17) is 4.74 Å². The van der Waals surface area contributed by atoms with Gasteiger partial charge in [-0.2, -0.15) is 0 Å². The summed E-state index contributed by atoms with van der Waals surface area (Å²) in [4.78, 5) is 7.21. The van der Waals surface area contributed by atoms with E-state index in [9.17, 15) is 0 Å². The van der Waals surface area contributed by atoms with Crippen LogP contribution in [0.1, 0.15) is 24.6 Å². The van der Waals surface area contributed by atoms with Crippen LogP contribution in [0.15, 0.2) is 41.4 Å². The minimum absolute atomic E-state index is 0.617. The number of ether oxygens (including phenoxy) is 1. The van der Waals surface area contributed by atoms with Gasteiger partial charge in [0.1, 0.15) is 5.75 Å². The molecule has 1 aromatic heterocycles. The van der Waals surface area contributed by atoms with Gasteiger partial charge in [0, 0.05) is 22.3 Å². The zero-order chi connectivity index (χ0) is 16.1. The highest BCUT2D eigenvalue weighted by Crippen LogP contribution is 2.29. The van der Waals surface area contributed by atoms with Gasteiger partial charge in [0.15, 0.2) is 5.96 Å². The van der Waals surface area contributed by atoms with Crippen molar-refractivity contribution in [2.75, 3.05) is 13.7 Å². The fourth-order valence-corrected chi connectivity index (χ4v) is 3.21. The largest absolute Gasteiger partial charge is 0.497 e. The van der Waals surface area contributed by atoms with Crippen LogP contribution in [0, 0.1) is 0 Å². The number of methoxy groups -OCH3 is 1. The maximum atomic E-state index is 5.21. The van der Waals surface area contributed by atoms with E-state index in [2.05, 4.69) is 46.8 Å². The number of thiophene rings is 1. The molecule has 122 valence electrons. The molecule has 0 radical (unpaired) electrons. The Hall–Kier alpha value is -2.01. The molecule has 23 heavy (non-hydrogen) atoms. The Morgan fingerprint density at radius 3 is 2.65 bits per heavy atom. The van der Waals surface area contributed by atoms with E-state index in [1.807, 2.05) is 12.1 Å². The Labute approximate surface area is 141 Å². The third-order valence-electron chi connectivity index (χ3n) is 3.69. The molecular formula is C18H23N3OS. The summed E-state index contributed by atoms with van der Waals surface area (Å²) in [6.07, 6.45) is 2.51. The second kappa shape index (κ2) is 7.51. The summed E-state index contributed by atoms with van der Waals surface area (Å²) in [6, 6.07) is 13.1. The molecule has 0 unspecified atom stereocenters. The molecule has 4 nitrogen and oxygen atoms in total. The summed E-state index contributed by atoms with van der Waals surface area (Å²) in [7, 11) is 1.69. The van der Waals surface area contributed by atoms with Gasteiger partial charge in [-0.25, -0.2) is 4.99 Å². The minimum Gasteiger partial charge on any atom is -0.497 e. The summed E-state index contributed by atoms with van der Waals surface area (Å²) in [5, 5.41) is 6.75. The quantitative estimate of drug-likeness (QED) is 0.628. The molecular weight excluding hydrogens is 306 g/mol. The molecule has 2 N–H and O–H groups in total. The van der Waals surface area contributed by atoms with Crippen molar-refractivity contribution >= 4 is 17.3 Å². The van der Waals surface area contributed by atoms with Gasteiger partial charge in [-0.15, -0.1) is 11.3 Å². The number of benzene rings is 1. The summed E-state index contributed by atoms with van der Waals surface area (Å²) >= 11 is 1.79. The van der Waals surface area contributed by atoms with Crippen LogP contribution in [0.5, 0.6) is 5.75 Å². The highest BCUT2D eigenvalue weighted by atomic mass is 32.1. The van der Waals surface area contributed by atoms with Gasteiger partial charge in [0.05, 0.1) is 13.7 Å². The molecule has 0 spiro atoms. The molecule has 5 heteroatoms. The van der Waals surface area contributed by atoms with E-state index in [-0.39, 0.29) is 0 Å². The molecule has 1 aliphatic carbocycles. The molecule has 1 aliphatic rings. The average molecular weight is 329 g/mol. The number of hydrogen-bond acceptors (Lipinski definition) is 3. The van der Waals surface area contributed by atoms with Crippen molar-refractivity contribution in [1.82, 2.24) is 10.6 Å². The number of rotatable bonds is 6. The first kappa shape index (κ1) is 15.9. The van der Waals surface area contributed by atoms with Crippen LogP contribution in [-0.4, -0.2) is 25.7 Å². The van der Waals surface area contributed by atoms with Gasteiger partial charge >= 0.3 is 0 Å². The van der Waals surface area contributed by atoms with Crippen LogP contribution < -0.4 is 15.4 Å². The Kier molecular flexibility index (Phi) is 5.18. The Morgan fingerprint density at radius 1 is 1.22 bits per heavy atom. The van der Waals surface area contributed by atoms with Crippen molar-refractivity contribution < 1.29 is 4.74 Å². The molecule has 0 amide bonds. The number of nitrogens with one attached hydrogen (secondary N) is 2. The molecule has 2 aromatic rings. The molecule has 0 aliphatic heterocycles. The lowest BCUT2D eigenvalue weighted by Crippen LogP contribution is -2.38. The summed E-state index contributed by atoms with van der Waals surface area (Å²) in [5.74, 6) is 1.81. The predicted octanol–water partition coefficient (Wildman–Crippen LogP) is 3.64. The van der Waals surface area contributed by atoms with Crippen molar-refractivity contribution in [3.63, 3.8) is 0 Å². The van der Waals surface area contributed by atoms with Gasteiger partial charge in [0.25, 0.3) is 0 Å². The monoisotopic (exact) mass is 329 g/mol. The Bertz CT molecular complexity index is 659. The molecule has 1 saturated carbocycles. The third-order valence-corrected chi connectivity index (χ3v) is 4.81. The Morgan fingerprint density at radius 2 is 2.00 bits per heavy atom. The second-order valence-corrected chi connectivity index (χ2v) is 6.78. The fraction of sp³-hybridized carbons (Fsp3) is 0.389. The average Bonchev–Trinajstić information content (AvgIpc) is 3.27. The smallest absolute Gasteiger partial charge is 0.191 e. The SMILES string of the molecule is CCNC(=NCc1ccc(-c2ccc(OC)cc2)s1)NC1CC1. The van der Waals surface area contributed by atoms with Crippen LogP contribution in [0.25, 0.3) is 10.4 Å². The number of aliphatic imine (C=N–C) groups is 1. The van der Waals surface area contributed by atoms with Crippen LogP contribution in [0.3, 0.4) is 0 Å². The fourth-order valence-electron chi connectivity index (χ4n) is 2.27. The van der Waals surface area contributed by atoms with Gasteiger partial charge in [-0.1, -0.05) is 0 Å². The van der Waals surface area contributed by atoms with E-state index in [1.165, 1.54) is 28.2 Å². The second-order valence-electron chi connectivity index (χ2n) is 5.61. The number of nitrogens with zero attached hydrogens (tertiary/aromatic N) is 1. The van der Waals surface area contributed by atoms with E-state index < -0.39 is 0 Å². The molecule has 1 aromatic carbocycles. The predicted molar refractivity (Wildman–Crippen MR) is 97.3 cm³/mol. The van der Waals surface area contributed by atoms with Crippen LogP contribution in [0.4, 0.5) is 0 Å². The number of guanidine groups is 1. The van der Waals surface area contributed by atoms with E-state index >= 15 is 0 Å². The van der Waals surface area contributed by atoms with Crippen LogP contribution >= 0.6 is 11.3 Å². The van der Waals surface area contributed by atoms with Crippen molar-refractivity contribution in [2.45, 2.75) is 32.4 Å². The standard InChI is InChI=1S/C18H23N3OS/c1-3-19-18(21-14-6-7-14)20-12-16-10-11-17(23-16)13-4-8-15(22-2)9-5-13/h4-5,8-11,14H,3,6-7,12H2,1-2H3,(H2,19,20,21). The van der Waals surface area contributed by atoms with Gasteiger partial charge in [0.2, 0.25) is 0 Å². The van der Waals surface area contributed by atoms with Gasteiger partial charge in [-0.3, -0.25) is 0 Å². The molecule has 0 atom stereocenters. The summed E-state index contributed by atoms with van der Waals surface area (Å²) in [6.45, 7) is 3.69. The van der Waals surface area contributed by atoms with E-state index in [1.54, 1.807) is 18.4 Å². The lowest BCUT2D eigenvalue weighted by Gasteiger charge is -2.09. The minimum atomic E-state index is 0.617. The highest BCUT2D eigenvalue weighted by molar-refractivity contribution is 7.15. The topological polar surface area (TPSA) is 45.7 Å². The molecule has 3 rings (SSSR count). The van der Waals surface area contributed by atoms with E-state index in [0.717, 1.165) is 18.3 Å². The van der Waals surface area contributed by atoms with Crippen LogP contribution in [-0.2, 0) is 6.54 Å². The normalized spacial score (nSPS) is 14.6. The van der Waals surface area contributed by atoms with Gasteiger partial charge < -0.3 is 15.4 Å². The number of hydrogen-bond donors (Lipinski definition) is 2. The van der Waals surface area contributed by atoms with Crippen molar-refractivity contribution in [3.8, 4) is 16.2 Å². The first-order valence-electron chi connectivity index (χ1n) is 8.06. The highest BCUT2D eigenvalue weighted by Gasteiger charge is 2.22. The Balaban J connectivity index is 1.65. The lowest BCUT2D eigenvalue weighted by atomic mass is 10.2. The molecule has 0 saturated heterocycles. The first-order chi connectivity index (χ1) is 11.3. The van der Waals surface area contributed by atoms with Crippen molar-refractivity contribution in [3.05, 3.63) is 41.3 Å². The zero-order valence-corrected chi connectivity index (χ0v) is 14.5. The maximum Gasteiger partial charge on any atom is 0.191 e. The van der Waals surface area contributed by atoms with Gasteiger partial charge in [-0.05, 0) is 61.7 Å². The van der Waals surface area contributed by atoms with Crippen molar-refractivity contribution in [2.24, 2.45) is 4.99 Å². The molecule has 1 heterocycles. The zero-order valence-electron chi connectivity index (χ0n) is 13.6. The van der Waals surface area contributed by atoms with E-state index in [0.29, 0.717) is 12.6 Å².